The molecule has 3 unspecified atom stereocenters. The summed E-state index contributed by atoms with van der Waals surface area (Å²) >= 11 is 2.07. The van der Waals surface area contributed by atoms with E-state index in [1.165, 1.54) is 12.1 Å². The van der Waals surface area contributed by atoms with Gasteiger partial charge in [0.2, 0.25) is 11.8 Å². The number of nitrogens with zero attached hydrogens (tertiary/aromatic N) is 2. The molecule has 1 N–H and O–H groups in total. The monoisotopic (exact) mass is 505 g/mol. The highest BCUT2D eigenvalue weighted by atomic mass is 32.2. The summed E-state index contributed by atoms with van der Waals surface area (Å²) in [5.41, 5.74) is 0.641. The summed E-state index contributed by atoms with van der Waals surface area (Å²) in [7, 11) is 3.79. The van der Waals surface area contributed by atoms with Crippen LogP contribution in [0.4, 0.5) is 24.5 Å². The van der Waals surface area contributed by atoms with Crippen molar-refractivity contribution in [3.05, 3.63) is 74.2 Å². The number of benzene rings is 2. The van der Waals surface area contributed by atoms with E-state index in [0.29, 0.717) is 9.90 Å². The van der Waals surface area contributed by atoms with Crippen LogP contribution in [0.1, 0.15) is 21.9 Å². The topological polar surface area (TPSA) is 73.5 Å². The molecule has 0 saturated carbocycles. The van der Waals surface area contributed by atoms with E-state index in [2.05, 4.69) is 4.98 Å². The zero-order chi connectivity index (χ0) is 24.4. The van der Waals surface area contributed by atoms with Crippen LogP contribution in [-0.2, 0) is 15.8 Å². The summed E-state index contributed by atoms with van der Waals surface area (Å²) in [6, 6.07) is 11.7. The smallest absolute Gasteiger partial charge is 0.378 e. The van der Waals surface area contributed by atoms with Gasteiger partial charge in [0.15, 0.2) is 0 Å². The predicted octanol–water partition coefficient (Wildman–Crippen LogP) is 4.32. The van der Waals surface area contributed by atoms with E-state index in [9.17, 15) is 27.6 Å². The Morgan fingerprint density at radius 2 is 1.71 bits per heavy atom. The average molecular weight is 506 g/mol. The molecule has 2 aliphatic heterocycles. The number of carbonyl (C=O) groups is 2. The van der Waals surface area contributed by atoms with Gasteiger partial charge in [-0.15, -0.1) is 0 Å². The maximum Gasteiger partial charge on any atom is 0.416 e. The van der Waals surface area contributed by atoms with Crippen LogP contribution in [0.5, 0.6) is 0 Å². The molecule has 1 saturated heterocycles. The summed E-state index contributed by atoms with van der Waals surface area (Å²) in [6.45, 7) is 0. The number of halogens is 3. The Kier molecular flexibility index (Phi) is 5.36. The van der Waals surface area contributed by atoms with Crippen LogP contribution in [-0.4, -0.2) is 36.1 Å². The predicted molar refractivity (Wildman–Crippen MR) is 125 cm³/mol. The zero-order valence-corrected chi connectivity index (χ0v) is 19.6. The Bertz CT molecular complexity index is 1350. The Morgan fingerprint density at radius 3 is 2.35 bits per heavy atom. The number of rotatable bonds is 3. The minimum atomic E-state index is -4.61. The van der Waals surface area contributed by atoms with Crippen molar-refractivity contribution in [3.63, 3.8) is 0 Å². The molecule has 1 fully saturated rings. The number of anilines is 2. The van der Waals surface area contributed by atoms with Gasteiger partial charge in [-0.05, 0) is 35.9 Å². The van der Waals surface area contributed by atoms with E-state index in [0.717, 1.165) is 51.4 Å². The second-order valence-corrected chi connectivity index (χ2v) is 10.5. The number of nitrogens with one attached hydrogen (secondary N) is 1. The fraction of sp³-hybridized carbons (Fsp3) is 0.261. The molecule has 6 nitrogen and oxygen atoms in total. The van der Waals surface area contributed by atoms with E-state index < -0.39 is 40.6 Å². The molecule has 3 atom stereocenters. The molecule has 3 heterocycles. The lowest BCUT2D eigenvalue weighted by atomic mass is 9.83. The Balaban J connectivity index is 1.60. The molecule has 2 amide bonds. The standard InChI is InChI=1S/C23H18F3N3O3S2/c1-28(2)13-8-6-11(7-9-13)15-16-18(33-19-17(15)34-22(32)27-19)21(31)29(20(16)30)14-5-3-4-12(10-14)23(24,25)26/h3-10,15-16,18H,1-2H3,(H,27,32). The molecule has 34 heavy (non-hydrogen) atoms. The highest BCUT2D eigenvalue weighted by Crippen LogP contribution is 2.53. The van der Waals surface area contributed by atoms with Crippen molar-refractivity contribution in [3.8, 4) is 0 Å². The van der Waals surface area contributed by atoms with Gasteiger partial charge in [-0.3, -0.25) is 14.4 Å². The van der Waals surface area contributed by atoms with Gasteiger partial charge in [0.05, 0.1) is 22.2 Å². The first-order chi connectivity index (χ1) is 16.1. The molecular formula is C23H18F3N3O3S2. The number of imide groups is 1. The summed E-state index contributed by atoms with van der Waals surface area (Å²) in [6.07, 6.45) is -4.61. The molecule has 1 aromatic heterocycles. The van der Waals surface area contributed by atoms with Gasteiger partial charge >= 0.3 is 11.0 Å². The fourth-order valence-electron chi connectivity index (χ4n) is 4.43. The Labute approximate surface area is 200 Å². The van der Waals surface area contributed by atoms with Crippen LogP contribution < -0.4 is 14.7 Å². The molecule has 176 valence electrons. The summed E-state index contributed by atoms with van der Waals surface area (Å²) in [5.74, 6) is -2.59. The number of hydrogen-bond acceptors (Lipinski definition) is 6. The van der Waals surface area contributed by atoms with Crippen molar-refractivity contribution in [2.75, 3.05) is 23.9 Å². The van der Waals surface area contributed by atoms with E-state index >= 15 is 0 Å². The quantitative estimate of drug-likeness (QED) is 0.537. The fourth-order valence-corrected chi connectivity index (χ4v) is 6.95. The van der Waals surface area contributed by atoms with Crippen LogP contribution in [0, 0.1) is 5.92 Å². The van der Waals surface area contributed by atoms with Crippen LogP contribution in [0.2, 0.25) is 0 Å². The van der Waals surface area contributed by atoms with E-state index in [-0.39, 0.29) is 10.6 Å². The lowest BCUT2D eigenvalue weighted by Gasteiger charge is -2.30. The number of thiazole rings is 1. The van der Waals surface area contributed by atoms with Crippen molar-refractivity contribution < 1.29 is 22.8 Å². The number of aromatic nitrogens is 1. The van der Waals surface area contributed by atoms with Gasteiger partial charge in [-0.1, -0.05) is 41.3 Å². The molecule has 0 radical (unpaired) electrons. The second kappa shape index (κ2) is 8.02. The molecule has 2 aromatic carbocycles. The number of H-pyrrole nitrogens is 1. The van der Waals surface area contributed by atoms with E-state index in [1.54, 1.807) is 0 Å². The molecular weight excluding hydrogens is 487 g/mol. The number of thioether (sulfide) groups is 1. The normalized spacial score (nSPS) is 22.0. The van der Waals surface area contributed by atoms with Gasteiger partial charge in [-0.2, -0.15) is 13.2 Å². The molecule has 2 aliphatic rings. The Morgan fingerprint density at radius 1 is 1.00 bits per heavy atom. The first kappa shape index (κ1) is 22.7. The van der Waals surface area contributed by atoms with E-state index in [4.69, 9.17) is 0 Å². The number of alkyl halides is 3. The molecule has 0 spiro atoms. The van der Waals surface area contributed by atoms with Gasteiger partial charge in [0, 0.05) is 30.6 Å². The third-order valence-corrected chi connectivity index (χ3v) is 8.43. The van der Waals surface area contributed by atoms with Crippen molar-refractivity contribution in [1.82, 2.24) is 4.98 Å². The second-order valence-electron chi connectivity index (χ2n) is 8.30. The van der Waals surface area contributed by atoms with Gasteiger partial charge in [0.25, 0.3) is 0 Å². The number of fused-ring (bicyclic) bond motifs is 2. The number of hydrogen-bond donors (Lipinski definition) is 1. The van der Waals surface area contributed by atoms with Crippen molar-refractivity contribution in [1.29, 1.82) is 0 Å². The Hall–Kier alpha value is -3.05. The summed E-state index contributed by atoms with van der Waals surface area (Å²) in [5, 5.41) is -0.344. The highest BCUT2D eigenvalue weighted by molar-refractivity contribution is 8.00. The van der Waals surface area contributed by atoms with Gasteiger partial charge in [0.1, 0.15) is 5.25 Å². The van der Waals surface area contributed by atoms with Crippen LogP contribution >= 0.6 is 23.1 Å². The first-order valence-electron chi connectivity index (χ1n) is 10.3. The summed E-state index contributed by atoms with van der Waals surface area (Å²) < 4.78 is 39.8. The third kappa shape index (κ3) is 3.63. The SMILES string of the molecule is CN(C)c1ccc(C2c3sc(=O)[nH]c3SC3C(=O)N(c4cccc(C(F)(F)F)c4)C(=O)C32)cc1. The van der Waals surface area contributed by atoms with Crippen molar-refractivity contribution in [2.24, 2.45) is 5.92 Å². The molecule has 0 bridgehead atoms. The number of aromatic amines is 1. The first-order valence-corrected chi connectivity index (χ1v) is 12.0. The van der Waals surface area contributed by atoms with Crippen LogP contribution in [0.3, 0.4) is 0 Å². The minimum Gasteiger partial charge on any atom is -0.378 e. The van der Waals surface area contributed by atoms with Crippen molar-refractivity contribution in [2.45, 2.75) is 22.4 Å². The molecule has 3 aromatic rings. The zero-order valence-electron chi connectivity index (χ0n) is 17.9. The van der Waals surface area contributed by atoms with Gasteiger partial charge < -0.3 is 9.88 Å². The van der Waals surface area contributed by atoms with Crippen LogP contribution in [0.15, 0.2) is 58.4 Å². The lowest BCUT2D eigenvalue weighted by molar-refractivity contribution is -0.137. The van der Waals surface area contributed by atoms with Crippen LogP contribution in [0.25, 0.3) is 0 Å². The van der Waals surface area contributed by atoms with E-state index in [1.807, 2.05) is 43.3 Å². The molecule has 0 aliphatic carbocycles. The number of amides is 2. The maximum atomic E-state index is 13.6. The minimum absolute atomic E-state index is 0.113. The number of carbonyl (C=O) groups excluding carboxylic acids is 2. The average Bonchev–Trinajstić information content (AvgIpc) is 3.28. The summed E-state index contributed by atoms with van der Waals surface area (Å²) in [4.78, 5) is 45.0. The van der Waals surface area contributed by atoms with Gasteiger partial charge in [-0.25, -0.2) is 4.90 Å². The molecule has 5 rings (SSSR count). The largest absolute Gasteiger partial charge is 0.416 e. The maximum absolute atomic E-state index is 13.6. The molecule has 11 heteroatoms. The third-order valence-electron chi connectivity index (χ3n) is 6.02. The lowest BCUT2D eigenvalue weighted by Crippen LogP contribution is -2.32. The highest BCUT2D eigenvalue weighted by Gasteiger charge is 2.56. The van der Waals surface area contributed by atoms with Crippen molar-refractivity contribution >= 4 is 46.3 Å².